The zero-order valence-corrected chi connectivity index (χ0v) is 15.0. The van der Waals surface area contributed by atoms with Crippen LogP contribution in [0.1, 0.15) is 47.2 Å². The van der Waals surface area contributed by atoms with Crippen LogP contribution < -0.4 is 5.32 Å². The predicted octanol–water partition coefficient (Wildman–Crippen LogP) is 3.61. The number of carbonyl (C=O) groups excluding carboxylic acids is 1. The minimum absolute atomic E-state index is 0.00178. The maximum Gasteiger partial charge on any atom is 0.434 e. The molecule has 1 aromatic heterocycles. The van der Waals surface area contributed by atoms with E-state index in [4.69, 9.17) is 5.11 Å². The molecule has 0 aliphatic rings. The van der Waals surface area contributed by atoms with Crippen LogP contribution in [0.25, 0.3) is 5.69 Å². The minimum atomic E-state index is -4.90. The van der Waals surface area contributed by atoms with Crippen LogP contribution in [0.4, 0.5) is 13.2 Å². The van der Waals surface area contributed by atoms with Gasteiger partial charge in [0, 0.05) is 12.1 Å². The first-order valence-electron chi connectivity index (χ1n) is 8.29. The molecule has 0 aliphatic heterocycles. The number of hydrogen-bond acceptors (Lipinski definition) is 3. The maximum absolute atomic E-state index is 13.2. The van der Waals surface area contributed by atoms with E-state index in [9.17, 15) is 22.8 Å². The van der Waals surface area contributed by atoms with Gasteiger partial charge in [-0.15, -0.1) is 0 Å². The largest absolute Gasteiger partial charge is 0.478 e. The summed E-state index contributed by atoms with van der Waals surface area (Å²) in [5.74, 6) is -1.38. The number of rotatable bonds is 6. The van der Waals surface area contributed by atoms with E-state index in [0.717, 1.165) is 0 Å². The van der Waals surface area contributed by atoms with Crippen molar-refractivity contribution in [2.45, 2.75) is 26.9 Å². The summed E-state index contributed by atoms with van der Waals surface area (Å²) in [7, 11) is 0. The molecule has 0 spiro atoms. The van der Waals surface area contributed by atoms with Gasteiger partial charge in [0.05, 0.1) is 11.9 Å². The van der Waals surface area contributed by atoms with Gasteiger partial charge in [-0.25, -0.2) is 9.48 Å². The third-order valence-corrected chi connectivity index (χ3v) is 4.36. The van der Waals surface area contributed by atoms with Crippen molar-refractivity contribution in [1.82, 2.24) is 15.1 Å². The third-order valence-electron chi connectivity index (χ3n) is 4.36. The molecule has 0 radical (unpaired) electrons. The third kappa shape index (κ3) is 4.66. The summed E-state index contributed by atoms with van der Waals surface area (Å²) < 4.78 is 40.3. The van der Waals surface area contributed by atoms with E-state index in [-0.39, 0.29) is 23.1 Å². The lowest BCUT2D eigenvalue weighted by atomic mass is 9.98. The molecular formula is C18H20F3N3O3. The predicted molar refractivity (Wildman–Crippen MR) is 91.9 cm³/mol. The van der Waals surface area contributed by atoms with Gasteiger partial charge in [0.25, 0.3) is 5.91 Å². The molecule has 1 heterocycles. The molecule has 0 fully saturated rings. The Balaban J connectivity index is 2.26. The first-order chi connectivity index (χ1) is 12.5. The topological polar surface area (TPSA) is 84.2 Å². The summed E-state index contributed by atoms with van der Waals surface area (Å²) >= 11 is 0. The number of carbonyl (C=O) groups is 2. The van der Waals surface area contributed by atoms with Crippen LogP contribution in [0.15, 0.2) is 30.5 Å². The van der Waals surface area contributed by atoms with Crippen molar-refractivity contribution in [1.29, 1.82) is 0 Å². The van der Waals surface area contributed by atoms with Crippen molar-refractivity contribution < 1.29 is 27.9 Å². The van der Waals surface area contributed by atoms with Crippen molar-refractivity contribution in [3.63, 3.8) is 0 Å². The lowest BCUT2D eigenvalue weighted by Gasteiger charge is -2.16. The van der Waals surface area contributed by atoms with E-state index < -0.39 is 23.4 Å². The number of amides is 1. The Morgan fingerprint density at radius 1 is 1.19 bits per heavy atom. The van der Waals surface area contributed by atoms with Crippen LogP contribution in [0.5, 0.6) is 0 Å². The lowest BCUT2D eigenvalue weighted by molar-refractivity contribution is -0.143. The number of alkyl halides is 3. The summed E-state index contributed by atoms with van der Waals surface area (Å²) in [6.07, 6.45) is -4.24. The second kappa shape index (κ2) is 7.81. The van der Waals surface area contributed by atoms with Crippen LogP contribution >= 0.6 is 0 Å². The summed E-state index contributed by atoms with van der Waals surface area (Å²) in [5.41, 5.74) is -2.03. The molecule has 6 nitrogen and oxygen atoms in total. The minimum Gasteiger partial charge on any atom is -0.478 e. The average Bonchev–Trinajstić information content (AvgIpc) is 3.05. The van der Waals surface area contributed by atoms with Crippen LogP contribution in [0.3, 0.4) is 0 Å². The number of nitrogens with one attached hydrogen (secondary N) is 1. The Labute approximate surface area is 154 Å². The second-order valence-electron chi connectivity index (χ2n) is 6.60. The van der Waals surface area contributed by atoms with E-state index in [0.29, 0.717) is 23.3 Å². The number of hydrogen-bond donors (Lipinski definition) is 2. The molecule has 1 amide bonds. The molecule has 1 atom stereocenters. The van der Waals surface area contributed by atoms with E-state index in [1.807, 2.05) is 20.8 Å². The second-order valence-corrected chi connectivity index (χ2v) is 6.60. The average molecular weight is 383 g/mol. The van der Waals surface area contributed by atoms with Gasteiger partial charge >= 0.3 is 12.1 Å². The smallest absolute Gasteiger partial charge is 0.434 e. The fraction of sp³-hybridized carbons (Fsp3) is 0.389. The van der Waals surface area contributed by atoms with Crippen molar-refractivity contribution in [2.75, 3.05) is 6.54 Å². The van der Waals surface area contributed by atoms with Crippen LogP contribution in [0.2, 0.25) is 0 Å². The Morgan fingerprint density at radius 3 is 2.26 bits per heavy atom. The number of benzene rings is 1. The number of halogens is 3. The fourth-order valence-corrected chi connectivity index (χ4v) is 2.32. The molecule has 9 heteroatoms. The zero-order valence-electron chi connectivity index (χ0n) is 15.0. The summed E-state index contributed by atoms with van der Waals surface area (Å²) in [6, 6.07) is 5.31. The molecule has 1 aromatic carbocycles. The van der Waals surface area contributed by atoms with Gasteiger partial charge < -0.3 is 10.4 Å². The first-order valence-corrected chi connectivity index (χ1v) is 8.29. The van der Waals surface area contributed by atoms with Gasteiger partial charge in [-0.3, -0.25) is 4.79 Å². The molecule has 2 N–H and O–H groups in total. The summed E-state index contributed by atoms with van der Waals surface area (Å²) in [6.45, 7) is 6.57. The zero-order chi connectivity index (χ0) is 20.4. The summed E-state index contributed by atoms with van der Waals surface area (Å²) in [4.78, 5) is 23.2. The van der Waals surface area contributed by atoms with Crippen molar-refractivity contribution in [3.05, 3.63) is 47.3 Å². The Kier molecular flexibility index (Phi) is 5.92. The summed E-state index contributed by atoms with van der Waals surface area (Å²) in [5, 5.41) is 15.3. The molecule has 146 valence electrons. The van der Waals surface area contributed by atoms with Crippen LogP contribution in [-0.4, -0.2) is 33.3 Å². The number of carboxylic acid groups (broad SMARTS) is 1. The van der Waals surface area contributed by atoms with Gasteiger partial charge in [-0.2, -0.15) is 18.3 Å². The Bertz CT molecular complexity index is 827. The maximum atomic E-state index is 13.2. The lowest BCUT2D eigenvalue weighted by Crippen LogP contribution is -2.30. The van der Waals surface area contributed by atoms with E-state index in [1.165, 1.54) is 24.3 Å². The number of carboxylic acids is 1. The SMILES string of the molecule is CC(C)C(C)CNC(=O)c1ccc(-n2ncc(C(=O)O)c2C(F)(F)F)cc1. The highest BCUT2D eigenvalue weighted by Gasteiger charge is 2.40. The molecular weight excluding hydrogens is 363 g/mol. The quantitative estimate of drug-likeness (QED) is 0.798. The Hall–Kier alpha value is -2.84. The fourth-order valence-electron chi connectivity index (χ4n) is 2.32. The highest BCUT2D eigenvalue weighted by atomic mass is 19.4. The molecule has 0 aliphatic carbocycles. The van der Waals surface area contributed by atoms with E-state index in [2.05, 4.69) is 10.4 Å². The molecule has 0 saturated carbocycles. The molecule has 0 bridgehead atoms. The Morgan fingerprint density at radius 2 is 1.78 bits per heavy atom. The van der Waals surface area contributed by atoms with Crippen LogP contribution in [0, 0.1) is 11.8 Å². The highest BCUT2D eigenvalue weighted by Crippen LogP contribution is 2.33. The van der Waals surface area contributed by atoms with Crippen LogP contribution in [-0.2, 0) is 6.18 Å². The normalized spacial score (nSPS) is 12.9. The number of nitrogens with zero attached hydrogens (tertiary/aromatic N) is 2. The molecule has 2 aromatic rings. The molecule has 0 saturated heterocycles. The van der Waals surface area contributed by atoms with Crippen molar-refractivity contribution in [3.8, 4) is 5.69 Å². The molecule has 2 rings (SSSR count). The van der Waals surface area contributed by atoms with Gasteiger partial charge in [-0.05, 0) is 36.1 Å². The number of aromatic nitrogens is 2. The van der Waals surface area contributed by atoms with E-state index >= 15 is 0 Å². The standard InChI is InChI=1S/C18H20F3N3O3/c1-10(2)11(3)8-22-16(25)12-4-6-13(7-5-12)24-15(18(19,20)21)14(9-23-24)17(26)27/h4-7,9-11H,8H2,1-3H3,(H,22,25)(H,26,27). The van der Waals surface area contributed by atoms with Crippen molar-refractivity contribution in [2.24, 2.45) is 11.8 Å². The van der Waals surface area contributed by atoms with Gasteiger partial charge in [0.1, 0.15) is 5.56 Å². The number of aromatic carboxylic acids is 1. The first kappa shape index (κ1) is 20.5. The van der Waals surface area contributed by atoms with Gasteiger partial charge in [-0.1, -0.05) is 20.8 Å². The molecule has 1 unspecified atom stereocenters. The van der Waals surface area contributed by atoms with E-state index in [1.54, 1.807) is 0 Å². The highest BCUT2D eigenvalue weighted by molar-refractivity contribution is 5.94. The molecule has 27 heavy (non-hydrogen) atoms. The van der Waals surface area contributed by atoms with Crippen molar-refractivity contribution >= 4 is 11.9 Å². The van der Waals surface area contributed by atoms with Gasteiger partial charge in [0.15, 0.2) is 5.69 Å². The van der Waals surface area contributed by atoms with Gasteiger partial charge in [0.2, 0.25) is 0 Å². The monoisotopic (exact) mass is 383 g/mol.